The maximum Gasteiger partial charge on any atom is 0.236 e. The number of carbonyl (C=O) groups excluding carboxylic acids is 2. The fourth-order valence-electron chi connectivity index (χ4n) is 12.2. The molecule has 0 bridgehead atoms. The third-order valence-electron chi connectivity index (χ3n) is 17.9. The fourth-order valence-corrected chi connectivity index (χ4v) is 12.2. The zero-order valence-electron chi connectivity index (χ0n) is 55.0. The van der Waals surface area contributed by atoms with Crippen LogP contribution in [0, 0.1) is 0 Å². The average molecular weight is 1110 g/mol. The molecule has 8 nitrogen and oxygen atoms in total. The van der Waals surface area contributed by atoms with Gasteiger partial charge in [0.2, 0.25) is 11.8 Å². The van der Waals surface area contributed by atoms with Gasteiger partial charge in [0.15, 0.2) is 0 Å². The van der Waals surface area contributed by atoms with Gasteiger partial charge in [-0.25, -0.2) is 0 Å². The molecule has 1 heterocycles. The van der Waals surface area contributed by atoms with Gasteiger partial charge in [-0.05, 0) is 77.8 Å². The summed E-state index contributed by atoms with van der Waals surface area (Å²) in [6.45, 7) is 28.5. The second kappa shape index (κ2) is 59.9. The predicted molar refractivity (Wildman–Crippen MR) is 350 cm³/mol. The Hall–Kier alpha value is -1.22. The van der Waals surface area contributed by atoms with Crippen molar-refractivity contribution in [2.24, 2.45) is 0 Å². The quantitative estimate of drug-likeness (QED) is 0.0566. The van der Waals surface area contributed by atoms with Crippen LogP contribution in [0.1, 0.15) is 343 Å². The van der Waals surface area contributed by atoms with Crippen molar-refractivity contribution in [1.29, 1.82) is 0 Å². The van der Waals surface area contributed by atoms with Crippen LogP contribution >= 0.6 is 0 Å². The molecule has 0 aliphatic carbocycles. The molecule has 0 aromatic rings. The first-order valence-electron chi connectivity index (χ1n) is 36.4. The first kappa shape index (κ1) is 75.8. The standard InChI is InChI=1S/C71H144N6O2/c1-7-13-19-25-31-32-33-34-35-41-47-53-59-75(63-61-73(56-50-44-38-28-22-16-10-4)57-51-45-39-29-23-17-11-5)69-71(79)77-66-64-76(65-67-77)70(78)68-74(58-52-46-40-30-24-18-12-6)62-60-72(54-48-42-36-26-20-14-8-2)55-49-43-37-27-21-15-9-3/h7-69H2,1-6H3. The molecule has 0 aromatic heterocycles. The summed E-state index contributed by atoms with van der Waals surface area (Å²) in [4.78, 5) is 43.4. The third kappa shape index (κ3) is 48.8. The molecule has 1 saturated heterocycles. The molecular weight excluding hydrogens is 969 g/mol. The number of rotatable bonds is 63. The van der Waals surface area contributed by atoms with Crippen LogP contribution in [-0.4, -0.2) is 146 Å². The maximum absolute atomic E-state index is 14.3. The van der Waals surface area contributed by atoms with Gasteiger partial charge >= 0.3 is 0 Å². The van der Waals surface area contributed by atoms with Crippen molar-refractivity contribution in [3.05, 3.63) is 0 Å². The zero-order chi connectivity index (χ0) is 57.2. The van der Waals surface area contributed by atoms with Gasteiger partial charge < -0.3 is 19.6 Å². The Morgan fingerprint density at radius 3 is 0.557 bits per heavy atom. The summed E-state index contributed by atoms with van der Waals surface area (Å²) in [6.07, 6.45) is 63.4. The Bertz CT molecular complexity index is 1210. The van der Waals surface area contributed by atoms with E-state index in [4.69, 9.17) is 0 Å². The Morgan fingerprint density at radius 2 is 0.367 bits per heavy atom. The van der Waals surface area contributed by atoms with Gasteiger partial charge in [-0.1, -0.05) is 305 Å². The molecule has 0 unspecified atom stereocenters. The van der Waals surface area contributed by atoms with Gasteiger partial charge in [0.1, 0.15) is 0 Å². The maximum atomic E-state index is 14.3. The average Bonchev–Trinajstić information content (AvgIpc) is 3.46. The summed E-state index contributed by atoms with van der Waals surface area (Å²) in [7, 11) is 0. The monoisotopic (exact) mass is 1110 g/mol. The number of amides is 2. The highest BCUT2D eigenvalue weighted by atomic mass is 16.2. The summed E-state index contributed by atoms with van der Waals surface area (Å²) in [5, 5.41) is 0. The highest BCUT2D eigenvalue weighted by molar-refractivity contribution is 5.80. The van der Waals surface area contributed by atoms with Crippen molar-refractivity contribution in [2.45, 2.75) is 343 Å². The second-order valence-electron chi connectivity index (χ2n) is 25.5. The molecular formula is C71H144N6O2. The van der Waals surface area contributed by atoms with E-state index >= 15 is 0 Å². The molecule has 2 amide bonds. The zero-order valence-corrected chi connectivity index (χ0v) is 55.0. The smallest absolute Gasteiger partial charge is 0.236 e. The van der Waals surface area contributed by atoms with Crippen LogP contribution in [0.2, 0.25) is 0 Å². The molecule has 79 heavy (non-hydrogen) atoms. The SMILES string of the molecule is CCCCCCCCCCCCCCN(CCN(CCCCCCCCC)CCCCCCCCC)CC(=O)N1CCN(C(=O)CN(CCCCCCCCC)CCN(CCCCCCCCC)CCCCCCCCC)CC1. The molecule has 1 aliphatic heterocycles. The molecule has 1 aliphatic rings. The van der Waals surface area contributed by atoms with Crippen LogP contribution in [0.5, 0.6) is 0 Å². The summed E-state index contributed by atoms with van der Waals surface area (Å²) in [6, 6.07) is 0. The number of piperazine rings is 1. The van der Waals surface area contributed by atoms with E-state index in [1.54, 1.807) is 0 Å². The molecule has 0 saturated carbocycles. The van der Waals surface area contributed by atoms with Crippen molar-refractivity contribution < 1.29 is 9.59 Å². The number of carbonyl (C=O) groups is 2. The molecule has 470 valence electrons. The van der Waals surface area contributed by atoms with Gasteiger partial charge in [0.05, 0.1) is 13.1 Å². The van der Waals surface area contributed by atoms with Crippen LogP contribution in [0.15, 0.2) is 0 Å². The Balaban J connectivity index is 2.98. The molecule has 0 aromatic carbocycles. The molecule has 8 heteroatoms. The van der Waals surface area contributed by atoms with Crippen molar-refractivity contribution in [2.75, 3.05) is 105 Å². The highest BCUT2D eigenvalue weighted by Gasteiger charge is 2.27. The van der Waals surface area contributed by atoms with Gasteiger partial charge in [-0.3, -0.25) is 19.4 Å². The van der Waals surface area contributed by atoms with E-state index < -0.39 is 0 Å². The molecule has 1 fully saturated rings. The van der Waals surface area contributed by atoms with Crippen LogP contribution in [0.4, 0.5) is 0 Å². The first-order chi connectivity index (χ1) is 38.9. The fraction of sp³-hybridized carbons (Fsp3) is 0.972. The lowest BCUT2D eigenvalue weighted by molar-refractivity contribution is -0.140. The van der Waals surface area contributed by atoms with E-state index in [2.05, 4.69) is 70.9 Å². The molecule has 0 N–H and O–H groups in total. The molecule has 0 spiro atoms. The Morgan fingerprint density at radius 1 is 0.215 bits per heavy atom. The van der Waals surface area contributed by atoms with Crippen LogP contribution in [0.25, 0.3) is 0 Å². The molecule has 1 rings (SSSR count). The highest BCUT2D eigenvalue weighted by Crippen LogP contribution is 2.17. The number of hydrogen-bond donors (Lipinski definition) is 0. The van der Waals surface area contributed by atoms with Crippen molar-refractivity contribution >= 4 is 11.8 Å². The number of hydrogen-bond acceptors (Lipinski definition) is 6. The van der Waals surface area contributed by atoms with Gasteiger partial charge in [0, 0.05) is 52.4 Å². The van der Waals surface area contributed by atoms with E-state index in [0.29, 0.717) is 39.3 Å². The van der Waals surface area contributed by atoms with E-state index in [1.807, 2.05) is 0 Å². The summed E-state index contributed by atoms with van der Waals surface area (Å²) >= 11 is 0. The van der Waals surface area contributed by atoms with Gasteiger partial charge in [-0.15, -0.1) is 0 Å². The summed E-state index contributed by atoms with van der Waals surface area (Å²) in [5.41, 5.74) is 0. The van der Waals surface area contributed by atoms with E-state index in [1.165, 1.54) is 328 Å². The van der Waals surface area contributed by atoms with Crippen molar-refractivity contribution in [1.82, 2.24) is 29.4 Å². The largest absolute Gasteiger partial charge is 0.338 e. The minimum absolute atomic E-state index is 0.274. The van der Waals surface area contributed by atoms with Crippen LogP contribution in [0.3, 0.4) is 0 Å². The van der Waals surface area contributed by atoms with Crippen molar-refractivity contribution in [3.8, 4) is 0 Å². The number of nitrogens with zero attached hydrogens (tertiary/aromatic N) is 6. The lowest BCUT2D eigenvalue weighted by Gasteiger charge is -2.37. The summed E-state index contributed by atoms with van der Waals surface area (Å²) < 4.78 is 0. The number of unbranched alkanes of at least 4 members (excludes halogenated alkanes) is 41. The van der Waals surface area contributed by atoms with E-state index in [9.17, 15) is 9.59 Å². The van der Waals surface area contributed by atoms with Gasteiger partial charge in [0.25, 0.3) is 0 Å². The lowest BCUT2D eigenvalue weighted by atomic mass is 10.1. The van der Waals surface area contributed by atoms with Crippen LogP contribution < -0.4 is 0 Å². The molecule has 0 atom stereocenters. The topological polar surface area (TPSA) is 53.6 Å². The van der Waals surface area contributed by atoms with Gasteiger partial charge in [-0.2, -0.15) is 0 Å². The molecule has 0 radical (unpaired) electrons. The minimum atomic E-state index is 0.274. The minimum Gasteiger partial charge on any atom is -0.338 e. The van der Waals surface area contributed by atoms with Crippen molar-refractivity contribution in [3.63, 3.8) is 0 Å². The predicted octanol–water partition coefficient (Wildman–Crippen LogP) is 19.3. The third-order valence-corrected chi connectivity index (χ3v) is 17.9. The second-order valence-corrected chi connectivity index (χ2v) is 25.5. The Kier molecular flexibility index (Phi) is 57.5. The first-order valence-corrected chi connectivity index (χ1v) is 36.4. The van der Waals surface area contributed by atoms with Crippen LogP contribution in [-0.2, 0) is 9.59 Å². The van der Waals surface area contributed by atoms with E-state index in [-0.39, 0.29) is 11.8 Å². The van der Waals surface area contributed by atoms with E-state index in [0.717, 1.165) is 39.3 Å². The Labute approximate surface area is 496 Å². The normalized spacial score (nSPS) is 13.2. The summed E-state index contributed by atoms with van der Waals surface area (Å²) in [5.74, 6) is 0.552. The lowest BCUT2D eigenvalue weighted by Crippen LogP contribution is -2.54.